The van der Waals surface area contributed by atoms with E-state index in [2.05, 4.69) is 30.0 Å². The molecule has 0 aliphatic heterocycles. The van der Waals surface area contributed by atoms with Crippen LogP contribution in [0.1, 0.15) is 52.9 Å². The van der Waals surface area contributed by atoms with Crippen molar-refractivity contribution >= 4 is 33.5 Å². The molecule has 6 nitrogen and oxygen atoms in total. The van der Waals surface area contributed by atoms with Crippen LogP contribution in [0.5, 0.6) is 0 Å². The average Bonchev–Trinajstić information content (AvgIpc) is 3.04. The summed E-state index contributed by atoms with van der Waals surface area (Å²) < 4.78 is 364. The Hall–Kier alpha value is -1.31. The highest BCUT2D eigenvalue weighted by Crippen LogP contribution is 2.56. The fraction of sp³-hybridized carbons (Fsp3) is 0.938. The van der Waals surface area contributed by atoms with Crippen molar-refractivity contribution in [2.24, 2.45) is 0 Å². The largest absolute Gasteiger partial charge is 0.513 e. The SMILES string of the molecule is C=C[Si](C)(C)CCCCC(F)(OC(F)(F)C(F)(F)OC(C)(F)C(F)(F)OC(C)(F)CC[Si](C)(C)OC(C)[SiH](C)C)C(F)(F)OC(F)(CC[Si](OC(F)(F)F)(C(F)(F)F)C(F)(F)F)C(F)(F)F. The first kappa shape index (κ1) is 64.7. The van der Waals surface area contributed by atoms with E-state index >= 15 is 35.1 Å². The monoisotopic (exact) mass is 1100 g/mol. The molecule has 0 saturated carbocycles. The molecule has 0 radical (unpaired) electrons. The normalized spacial score (nSPS) is 19.2. The van der Waals surface area contributed by atoms with Crippen LogP contribution in [0.3, 0.4) is 0 Å². The van der Waals surface area contributed by atoms with Gasteiger partial charge in [-0.25, -0.2) is 17.6 Å². The molecule has 34 heteroatoms. The van der Waals surface area contributed by atoms with Gasteiger partial charge in [-0.15, -0.1) is 25.4 Å². The molecular formula is C32H48F24O6Si4. The molecule has 0 heterocycles. The summed E-state index contributed by atoms with van der Waals surface area (Å²) in [6.07, 6.45) is -52.7. The molecule has 5 unspecified atom stereocenters. The van der Waals surface area contributed by atoms with Crippen LogP contribution in [0.15, 0.2) is 12.3 Å². The van der Waals surface area contributed by atoms with Crippen LogP contribution < -0.4 is 0 Å². The van der Waals surface area contributed by atoms with E-state index in [1.807, 2.05) is 13.1 Å². The van der Waals surface area contributed by atoms with E-state index in [0.717, 1.165) is 0 Å². The Labute approximate surface area is 366 Å². The molecule has 0 spiro atoms. The maximum Gasteiger partial charge on any atom is 0.513 e. The van der Waals surface area contributed by atoms with Crippen molar-refractivity contribution in [3.63, 3.8) is 0 Å². The first-order valence-corrected chi connectivity index (χ1v) is 30.4. The fourth-order valence-electron chi connectivity index (χ4n) is 5.22. The lowest BCUT2D eigenvalue weighted by atomic mass is 10.1. The van der Waals surface area contributed by atoms with Crippen LogP contribution in [0.4, 0.5) is 105 Å². The Balaban J connectivity index is 7.23. The van der Waals surface area contributed by atoms with Crippen molar-refractivity contribution in [2.45, 2.75) is 188 Å². The molecule has 0 amide bonds. The van der Waals surface area contributed by atoms with Crippen LogP contribution in [0.25, 0.3) is 0 Å². The Bertz CT molecular complexity index is 1560. The summed E-state index contributed by atoms with van der Waals surface area (Å²) >= 11 is 0. The number of alkyl halides is 24. The Morgan fingerprint density at radius 3 is 1.36 bits per heavy atom. The molecule has 0 aliphatic rings. The van der Waals surface area contributed by atoms with Crippen LogP contribution in [0.2, 0.25) is 57.4 Å². The fourth-order valence-corrected chi connectivity index (χ4v) is 13.2. The van der Waals surface area contributed by atoms with Crippen molar-refractivity contribution < 1.29 is 133 Å². The van der Waals surface area contributed by atoms with Gasteiger partial charge in [0.15, 0.2) is 8.32 Å². The van der Waals surface area contributed by atoms with Gasteiger partial charge >= 0.3 is 74.5 Å². The topological polar surface area (TPSA) is 55.4 Å². The van der Waals surface area contributed by atoms with E-state index < -0.39 is 157 Å². The number of rotatable bonds is 27. The number of unbranched alkanes of at least 4 members (excludes halogenated alkanes) is 1. The predicted octanol–water partition coefficient (Wildman–Crippen LogP) is 14.4. The lowest BCUT2D eigenvalue weighted by molar-refractivity contribution is -0.546. The summed E-state index contributed by atoms with van der Waals surface area (Å²) in [5.41, 5.74) is 0.902. The summed E-state index contributed by atoms with van der Waals surface area (Å²) in [4.78, 5) is 0. The minimum Gasteiger partial charge on any atom is -0.418 e. The minimum absolute atomic E-state index is 0.180. The zero-order chi connectivity index (χ0) is 53.3. The molecule has 0 aromatic heterocycles. The molecule has 0 aliphatic carbocycles. The molecule has 0 bridgehead atoms. The minimum atomic E-state index is -9.02. The summed E-state index contributed by atoms with van der Waals surface area (Å²) in [5, 5.41) is 0. The molecule has 0 rings (SSSR count). The van der Waals surface area contributed by atoms with E-state index in [9.17, 15) is 70.2 Å². The van der Waals surface area contributed by atoms with Crippen molar-refractivity contribution in [3.05, 3.63) is 12.3 Å². The predicted molar refractivity (Wildman–Crippen MR) is 194 cm³/mol. The maximum atomic E-state index is 16.1. The Morgan fingerprint density at radius 1 is 0.530 bits per heavy atom. The van der Waals surface area contributed by atoms with Crippen molar-refractivity contribution in [1.82, 2.24) is 0 Å². The summed E-state index contributed by atoms with van der Waals surface area (Å²) in [7, 11) is -16.1. The second kappa shape index (κ2) is 20.8. The van der Waals surface area contributed by atoms with Gasteiger partial charge in [0.05, 0.1) is 16.9 Å². The maximum absolute atomic E-state index is 16.1. The standard InChI is InChI=1S/C32H48F24O6Si4/c1-11-64(7,8)17-13-12-14-24(36,27(42,43)60-23(35,25(37,38)39)16-19-66(31(51,52)53,32(54,55)56)62-30(48,49)50)61-29(46,47)28(44,45)59-22(4,34)26(40,41)58-21(3,33)15-18-65(9,10)57-20(2)63(5)6/h11,20,63H,1,12-19H2,2-10H3. The van der Waals surface area contributed by atoms with E-state index in [1.54, 1.807) is 6.92 Å². The average molecular weight is 1100 g/mol. The second-order valence-corrected chi connectivity index (χ2v) is 33.1. The molecule has 0 saturated heterocycles. The highest BCUT2D eigenvalue weighted by atomic mass is 28.4. The van der Waals surface area contributed by atoms with Crippen molar-refractivity contribution in [1.29, 1.82) is 0 Å². The summed E-state index contributed by atoms with van der Waals surface area (Å²) in [6.45, 7) is 13.8. The number of hydrogen-bond donors (Lipinski definition) is 0. The highest BCUT2D eigenvalue weighted by molar-refractivity contribution is 6.82. The third kappa shape index (κ3) is 17.2. The molecule has 396 valence electrons. The lowest BCUT2D eigenvalue weighted by Gasteiger charge is -2.42. The highest BCUT2D eigenvalue weighted by Gasteiger charge is 2.81. The zero-order valence-electron chi connectivity index (χ0n) is 36.1. The third-order valence-corrected chi connectivity index (χ3v) is 20.6. The lowest BCUT2D eigenvalue weighted by Crippen LogP contribution is -2.67. The molecular weight excluding hydrogens is 1050 g/mol. The smallest absolute Gasteiger partial charge is 0.418 e. The van der Waals surface area contributed by atoms with Gasteiger partial charge in [0.2, 0.25) is 5.85 Å². The molecule has 0 aromatic carbocycles. The van der Waals surface area contributed by atoms with E-state index in [4.69, 9.17) is 4.43 Å². The van der Waals surface area contributed by atoms with Gasteiger partial charge in [-0.3, -0.25) is 18.9 Å². The first-order valence-electron chi connectivity index (χ1n) is 18.9. The first-order chi connectivity index (χ1) is 28.5. The van der Waals surface area contributed by atoms with Gasteiger partial charge in [-0.05, 0) is 45.5 Å². The molecule has 0 aromatic rings. The number of hydrogen-bond acceptors (Lipinski definition) is 6. The van der Waals surface area contributed by atoms with Crippen LogP contribution in [0, 0.1) is 0 Å². The molecule has 66 heavy (non-hydrogen) atoms. The van der Waals surface area contributed by atoms with Gasteiger partial charge < -0.3 is 8.85 Å². The van der Waals surface area contributed by atoms with Crippen LogP contribution in [-0.4, -0.2) is 111 Å². The van der Waals surface area contributed by atoms with Gasteiger partial charge in [0, 0.05) is 31.9 Å². The van der Waals surface area contributed by atoms with Crippen LogP contribution >= 0.6 is 0 Å². The molecule has 5 atom stereocenters. The summed E-state index contributed by atoms with van der Waals surface area (Å²) in [5.74, 6) is -37.8. The summed E-state index contributed by atoms with van der Waals surface area (Å²) in [6, 6.07) is -4.61. The van der Waals surface area contributed by atoms with Crippen molar-refractivity contribution in [2.75, 3.05) is 0 Å². The quantitative estimate of drug-likeness (QED) is 0.0464. The van der Waals surface area contributed by atoms with Crippen LogP contribution in [-0.2, 0) is 27.8 Å². The van der Waals surface area contributed by atoms with Gasteiger partial charge in [-0.1, -0.05) is 38.7 Å². The van der Waals surface area contributed by atoms with E-state index in [-0.39, 0.29) is 18.7 Å². The Morgan fingerprint density at radius 2 is 0.970 bits per heavy atom. The van der Waals surface area contributed by atoms with E-state index in [1.165, 1.54) is 31.9 Å². The second-order valence-electron chi connectivity index (χ2n) is 17.0. The molecule has 0 N–H and O–H groups in total. The molecule has 0 fully saturated rings. The Kier molecular flexibility index (Phi) is 20.4. The van der Waals surface area contributed by atoms with Gasteiger partial charge in [0.1, 0.15) is 0 Å². The van der Waals surface area contributed by atoms with E-state index in [0.29, 0.717) is 0 Å². The van der Waals surface area contributed by atoms with Gasteiger partial charge in [-0.2, -0.15) is 74.6 Å². The number of halogens is 24. The third-order valence-electron chi connectivity index (χ3n) is 9.70. The van der Waals surface area contributed by atoms with Gasteiger partial charge in [0.25, 0.3) is 0 Å². The zero-order valence-corrected chi connectivity index (χ0v) is 40.3. The van der Waals surface area contributed by atoms with Crippen molar-refractivity contribution in [3.8, 4) is 0 Å². The number of ether oxygens (including phenoxy) is 4.